The molecule has 0 unspecified atom stereocenters. The van der Waals surface area contributed by atoms with Gasteiger partial charge in [-0.2, -0.15) is 5.10 Å². The van der Waals surface area contributed by atoms with Gasteiger partial charge in [0.25, 0.3) is 0 Å². The lowest BCUT2D eigenvalue weighted by Gasteiger charge is -2.26. The minimum atomic E-state index is 1.04. The lowest BCUT2D eigenvalue weighted by atomic mass is 10.3. The quantitative estimate of drug-likeness (QED) is 0.685. The van der Waals surface area contributed by atoms with Crippen molar-refractivity contribution in [3.05, 3.63) is 18.0 Å². The van der Waals surface area contributed by atoms with E-state index in [2.05, 4.69) is 21.5 Å². The van der Waals surface area contributed by atoms with E-state index in [0.29, 0.717) is 0 Å². The average Bonchev–Trinajstić information content (AvgIpc) is 2.53. The number of hydrogen-bond donors (Lipinski definition) is 1. The topological polar surface area (TPSA) is 33.1 Å². The maximum absolute atomic E-state index is 4.16. The fourth-order valence-corrected chi connectivity index (χ4v) is 1.68. The molecule has 0 atom stereocenters. The molecule has 2 rings (SSSR count). The predicted molar refractivity (Wildman–Crippen MR) is 51.4 cm³/mol. The monoisotopic (exact) mass is 180 g/mol. The minimum Gasteiger partial charge on any atom is -0.314 e. The smallest absolute Gasteiger partial charge is 0.0534 e. The Kier molecular flexibility index (Phi) is 2.61. The van der Waals surface area contributed by atoms with Gasteiger partial charge in [0.2, 0.25) is 0 Å². The maximum Gasteiger partial charge on any atom is 0.0534 e. The summed E-state index contributed by atoms with van der Waals surface area (Å²) in [6.45, 7) is 5.56. The molecule has 72 valence electrons. The summed E-state index contributed by atoms with van der Waals surface area (Å²) in [5.41, 5.74) is 1.31. The van der Waals surface area contributed by atoms with Gasteiger partial charge in [0.1, 0.15) is 0 Å². The normalized spacial score (nSPS) is 19.2. The molecule has 0 aliphatic carbocycles. The first-order chi connectivity index (χ1) is 6.34. The third-order valence-corrected chi connectivity index (χ3v) is 2.37. The van der Waals surface area contributed by atoms with Gasteiger partial charge in [-0.3, -0.25) is 9.58 Å². The predicted octanol–water partition coefficient (Wildman–Crippen LogP) is -0.175. The van der Waals surface area contributed by atoms with Gasteiger partial charge in [0, 0.05) is 51.5 Å². The third-order valence-electron chi connectivity index (χ3n) is 2.37. The van der Waals surface area contributed by atoms with Crippen LogP contribution >= 0.6 is 0 Å². The second kappa shape index (κ2) is 3.89. The molecule has 1 aromatic rings. The average molecular weight is 180 g/mol. The van der Waals surface area contributed by atoms with E-state index >= 15 is 0 Å². The molecular formula is C9H16N4. The van der Waals surface area contributed by atoms with Crippen molar-refractivity contribution in [2.75, 3.05) is 26.2 Å². The van der Waals surface area contributed by atoms with Gasteiger partial charge in [-0.15, -0.1) is 0 Å². The molecule has 1 aromatic heterocycles. The van der Waals surface area contributed by atoms with Crippen molar-refractivity contribution >= 4 is 0 Å². The van der Waals surface area contributed by atoms with Crippen LogP contribution in [0.5, 0.6) is 0 Å². The maximum atomic E-state index is 4.16. The standard InChI is InChI=1S/C9H16N4/c1-12-7-9(6-11-12)8-13-4-2-10-3-5-13/h6-7,10H,2-5,8H2,1H3. The molecule has 0 radical (unpaired) electrons. The molecule has 4 nitrogen and oxygen atoms in total. The molecule has 4 heteroatoms. The van der Waals surface area contributed by atoms with Crippen molar-refractivity contribution in [3.63, 3.8) is 0 Å². The molecule has 13 heavy (non-hydrogen) atoms. The van der Waals surface area contributed by atoms with E-state index in [9.17, 15) is 0 Å². The second-order valence-corrected chi connectivity index (χ2v) is 3.55. The van der Waals surface area contributed by atoms with Gasteiger partial charge in [-0.05, 0) is 0 Å². The van der Waals surface area contributed by atoms with Gasteiger partial charge < -0.3 is 5.32 Å². The first kappa shape index (κ1) is 8.72. The van der Waals surface area contributed by atoms with Gasteiger partial charge in [-0.25, -0.2) is 0 Å². The summed E-state index contributed by atoms with van der Waals surface area (Å²) in [5.74, 6) is 0. The fourth-order valence-electron chi connectivity index (χ4n) is 1.68. The Hall–Kier alpha value is -0.870. The molecule has 1 aliphatic heterocycles. The molecular weight excluding hydrogens is 164 g/mol. The largest absolute Gasteiger partial charge is 0.314 e. The summed E-state index contributed by atoms with van der Waals surface area (Å²) in [6.07, 6.45) is 4.03. The summed E-state index contributed by atoms with van der Waals surface area (Å²) in [5, 5.41) is 7.50. The van der Waals surface area contributed by atoms with E-state index in [-0.39, 0.29) is 0 Å². The summed E-state index contributed by atoms with van der Waals surface area (Å²) in [7, 11) is 1.96. The van der Waals surface area contributed by atoms with Crippen LogP contribution in [0.15, 0.2) is 12.4 Å². The summed E-state index contributed by atoms with van der Waals surface area (Å²) in [4.78, 5) is 2.45. The van der Waals surface area contributed by atoms with Crippen molar-refractivity contribution in [2.24, 2.45) is 7.05 Å². The molecule has 0 aromatic carbocycles. The molecule has 0 saturated carbocycles. The van der Waals surface area contributed by atoms with E-state index in [0.717, 1.165) is 32.7 Å². The van der Waals surface area contributed by atoms with Crippen molar-refractivity contribution in [3.8, 4) is 0 Å². The lowest BCUT2D eigenvalue weighted by molar-refractivity contribution is 0.233. The second-order valence-electron chi connectivity index (χ2n) is 3.55. The third kappa shape index (κ3) is 2.29. The number of aryl methyl sites for hydroxylation is 1. The molecule has 2 heterocycles. The number of nitrogens with one attached hydrogen (secondary N) is 1. The Morgan fingerprint density at radius 2 is 2.23 bits per heavy atom. The van der Waals surface area contributed by atoms with Crippen LogP contribution in [0.3, 0.4) is 0 Å². The molecule has 0 spiro atoms. The Labute approximate surface area is 78.5 Å². The number of piperazine rings is 1. The number of rotatable bonds is 2. The van der Waals surface area contributed by atoms with Crippen molar-refractivity contribution in [1.29, 1.82) is 0 Å². The first-order valence-electron chi connectivity index (χ1n) is 4.75. The van der Waals surface area contributed by atoms with E-state index in [1.54, 1.807) is 0 Å². The molecule has 0 amide bonds. The van der Waals surface area contributed by atoms with E-state index in [4.69, 9.17) is 0 Å². The zero-order valence-corrected chi connectivity index (χ0v) is 8.03. The van der Waals surface area contributed by atoms with Crippen LogP contribution in [-0.2, 0) is 13.6 Å². The first-order valence-corrected chi connectivity index (χ1v) is 4.75. The summed E-state index contributed by atoms with van der Waals surface area (Å²) < 4.78 is 1.86. The van der Waals surface area contributed by atoms with Gasteiger partial charge in [-0.1, -0.05) is 0 Å². The van der Waals surface area contributed by atoms with Crippen LogP contribution in [-0.4, -0.2) is 40.9 Å². The highest BCUT2D eigenvalue weighted by Crippen LogP contribution is 2.03. The number of aromatic nitrogens is 2. The highest BCUT2D eigenvalue weighted by molar-refractivity contribution is 5.03. The van der Waals surface area contributed by atoms with Crippen molar-refractivity contribution in [1.82, 2.24) is 20.0 Å². The van der Waals surface area contributed by atoms with Crippen molar-refractivity contribution < 1.29 is 0 Å². The van der Waals surface area contributed by atoms with Crippen LogP contribution < -0.4 is 5.32 Å². The number of hydrogen-bond acceptors (Lipinski definition) is 3. The highest BCUT2D eigenvalue weighted by atomic mass is 15.2. The van der Waals surface area contributed by atoms with Crippen LogP contribution in [0, 0.1) is 0 Å². The molecule has 1 N–H and O–H groups in total. The zero-order valence-electron chi connectivity index (χ0n) is 8.03. The van der Waals surface area contributed by atoms with E-state index < -0.39 is 0 Å². The minimum absolute atomic E-state index is 1.04. The lowest BCUT2D eigenvalue weighted by Crippen LogP contribution is -2.42. The Bertz CT molecular complexity index is 262. The van der Waals surface area contributed by atoms with Gasteiger partial charge in [0.15, 0.2) is 0 Å². The van der Waals surface area contributed by atoms with Crippen LogP contribution in [0.2, 0.25) is 0 Å². The van der Waals surface area contributed by atoms with Crippen molar-refractivity contribution in [2.45, 2.75) is 6.54 Å². The van der Waals surface area contributed by atoms with E-state index in [1.807, 2.05) is 17.9 Å². The highest BCUT2D eigenvalue weighted by Gasteiger charge is 2.10. The SMILES string of the molecule is Cn1cc(CN2CCNCC2)cn1. The van der Waals surface area contributed by atoms with Crippen LogP contribution in [0.4, 0.5) is 0 Å². The molecule has 0 bridgehead atoms. The zero-order chi connectivity index (χ0) is 9.10. The van der Waals surface area contributed by atoms with E-state index in [1.165, 1.54) is 5.56 Å². The fraction of sp³-hybridized carbons (Fsp3) is 0.667. The van der Waals surface area contributed by atoms with Crippen LogP contribution in [0.1, 0.15) is 5.56 Å². The summed E-state index contributed by atoms with van der Waals surface area (Å²) >= 11 is 0. The molecule has 1 saturated heterocycles. The van der Waals surface area contributed by atoms with Crippen LogP contribution in [0.25, 0.3) is 0 Å². The van der Waals surface area contributed by atoms with Gasteiger partial charge in [0.05, 0.1) is 6.20 Å². The molecule has 1 aliphatic rings. The Morgan fingerprint density at radius 3 is 2.85 bits per heavy atom. The molecule has 1 fully saturated rings. The summed E-state index contributed by atoms with van der Waals surface area (Å²) in [6, 6.07) is 0. The number of nitrogens with zero attached hydrogens (tertiary/aromatic N) is 3. The Balaban J connectivity index is 1.89. The van der Waals surface area contributed by atoms with Gasteiger partial charge >= 0.3 is 0 Å². The Morgan fingerprint density at radius 1 is 1.46 bits per heavy atom.